The fraction of sp³-hybridized carbons (Fsp3) is 0.333. The normalized spacial score (nSPS) is 20.5. The number of benzene rings is 2. The molecule has 1 saturated heterocycles. The average Bonchev–Trinajstić information content (AvgIpc) is 2.86. The van der Waals surface area contributed by atoms with Gasteiger partial charge in [-0.15, -0.1) is 0 Å². The Labute approximate surface area is 158 Å². The van der Waals surface area contributed by atoms with E-state index in [1.807, 2.05) is 50.2 Å². The summed E-state index contributed by atoms with van der Waals surface area (Å²) in [4.78, 5) is 26.2. The number of imide groups is 1. The molecule has 0 spiro atoms. The standard InChI is InChI=1S/C21H24N2O4/c1-14-8-7-9-15(2)18(14)27-13-17(24)12-23-19(25)21(3,22-20(23)26)16-10-5-4-6-11-16/h4-11,17,24H,12-13H2,1-3H3,(H,22,26)/t17-,21+/m1/s1. The van der Waals surface area contributed by atoms with Crippen LogP contribution >= 0.6 is 0 Å². The van der Waals surface area contributed by atoms with E-state index >= 15 is 0 Å². The molecule has 0 radical (unpaired) electrons. The molecule has 1 aliphatic heterocycles. The van der Waals surface area contributed by atoms with Gasteiger partial charge in [-0.25, -0.2) is 4.79 Å². The number of carbonyl (C=O) groups is 2. The summed E-state index contributed by atoms with van der Waals surface area (Å²) in [5, 5.41) is 13.1. The zero-order valence-corrected chi connectivity index (χ0v) is 15.7. The minimum Gasteiger partial charge on any atom is -0.490 e. The van der Waals surface area contributed by atoms with Gasteiger partial charge in [0.1, 0.15) is 24.0 Å². The molecule has 1 aliphatic rings. The lowest BCUT2D eigenvalue weighted by Crippen LogP contribution is -2.42. The van der Waals surface area contributed by atoms with Crippen LogP contribution < -0.4 is 10.1 Å². The lowest BCUT2D eigenvalue weighted by Gasteiger charge is -2.23. The second kappa shape index (κ2) is 7.40. The fourth-order valence-corrected chi connectivity index (χ4v) is 3.30. The monoisotopic (exact) mass is 368 g/mol. The molecule has 6 heteroatoms. The van der Waals surface area contributed by atoms with Crippen molar-refractivity contribution in [2.45, 2.75) is 32.4 Å². The molecule has 0 bridgehead atoms. The van der Waals surface area contributed by atoms with E-state index in [1.54, 1.807) is 19.1 Å². The highest BCUT2D eigenvalue weighted by Crippen LogP contribution is 2.29. The topological polar surface area (TPSA) is 78.9 Å². The van der Waals surface area contributed by atoms with E-state index in [1.165, 1.54) is 0 Å². The molecule has 0 saturated carbocycles. The molecule has 6 nitrogen and oxygen atoms in total. The lowest BCUT2D eigenvalue weighted by atomic mass is 9.92. The molecule has 3 rings (SSSR count). The van der Waals surface area contributed by atoms with Crippen molar-refractivity contribution in [3.05, 3.63) is 65.2 Å². The number of aryl methyl sites for hydroxylation is 2. The number of ether oxygens (including phenoxy) is 1. The molecule has 1 heterocycles. The fourth-order valence-electron chi connectivity index (χ4n) is 3.30. The van der Waals surface area contributed by atoms with E-state index in [9.17, 15) is 14.7 Å². The van der Waals surface area contributed by atoms with Crippen LogP contribution in [0.1, 0.15) is 23.6 Å². The van der Waals surface area contributed by atoms with Crippen LogP contribution in [0, 0.1) is 13.8 Å². The molecule has 2 aromatic carbocycles. The highest BCUT2D eigenvalue weighted by molar-refractivity contribution is 6.07. The van der Waals surface area contributed by atoms with Gasteiger partial charge >= 0.3 is 6.03 Å². The van der Waals surface area contributed by atoms with Crippen LogP contribution in [0.4, 0.5) is 4.79 Å². The quantitative estimate of drug-likeness (QED) is 0.768. The third-order valence-electron chi connectivity index (χ3n) is 4.85. The molecule has 0 aliphatic carbocycles. The van der Waals surface area contributed by atoms with Crippen molar-refractivity contribution in [3.8, 4) is 5.75 Å². The molecule has 3 amide bonds. The summed E-state index contributed by atoms with van der Waals surface area (Å²) in [6, 6.07) is 14.3. The zero-order valence-electron chi connectivity index (χ0n) is 15.7. The van der Waals surface area contributed by atoms with Crippen molar-refractivity contribution < 1.29 is 19.4 Å². The Morgan fingerprint density at radius 3 is 2.33 bits per heavy atom. The smallest absolute Gasteiger partial charge is 0.325 e. The Kier molecular flexibility index (Phi) is 5.19. The maximum atomic E-state index is 12.8. The average molecular weight is 368 g/mol. The van der Waals surface area contributed by atoms with Crippen LogP contribution in [-0.4, -0.2) is 41.2 Å². The SMILES string of the molecule is Cc1cccc(C)c1OC[C@H](O)CN1C(=O)N[C@@](C)(c2ccccc2)C1=O. The summed E-state index contributed by atoms with van der Waals surface area (Å²) >= 11 is 0. The third-order valence-corrected chi connectivity index (χ3v) is 4.85. The van der Waals surface area contributed by atoms with Crippen molar-refractivity contribution in [1.82, 2.24) is 10.2 Å². The molecule has 2 atom stereocenters. The van der Waals surface area contributed by atoms with Crippen molar-refractivity contribution in [2.24, 2.45) is 0 Å². The van der Waals surface area contributed by atoms with Crippen LogP contribution in [0.2, 0.25) is 0 Å². The number of amides is 3. The number of rotatable bonds is 6. The first-order valence-electron chi connectivity index (χ1n) is 8.89. The first-order chi connectivity index (χ1) is 12.8. The molecule has 27 heavy (non-hydrogen) atoms. The van der Waals surface area contributed by atoms with Gasteiger partial charge in [0, 0.05) is 0 Å². The largest absolute Gasteiger partial charge is 0.490 e. The Morgan fingerprint density at radius 1 is 1.07 bits per heavy atom. The number of para-hydroxylation sites is 1. The van der Waals surface area contributed by atoms with Gasteiger partial charge in [0.05, 0.1) is 6.54 Å². The zero-order chi connectivity index (χ0) is 19.6. The number of hydrogen-bond donors (Lipinski definition) is 2. The molecule has 2 aromatic rings. The maximum absolute atomic E-state index is 12.8. The first kappa shape index (κ1) is 18.9. The molecule has 1 fully saturated rings. The van der Waals surface area contributed by atoms with E-state index < -0.39 is 17.7 Å². The Hall–Kier alpha value is -2.86. The van der Waals surface area contributed by atoms with Crippen molar-refractivity contribution >= 4 is 11.9 Å². The second-order valence-corrected chi connectivity index (χ2v) is 7.02. The van der Waals surface area contributed by atoms with Gasteiger partial charge in [0.15, 0.2) is 0 Å². The van der Waals surface area contributed by atoms with Gasteiger partial charge in [-0.1, -0.05) is 48.5 Å². The summed E-state index contributed by atoms with van der Waals surface area (Å²) in [5.74, 6) is 0.327. The summed E-state index contributed by atoms with van der Waals surface area (Å²) < 4.78 is 5.73. The number of carbonyl (C=O) groups excluding carboxylic acids is 2. The van der Waals surface area contributed by atoms with Gasteiger partial charge in [0.25, 0.3) is 5.91 Å². The number of nitrogens with zero attached hydrogens (tertiary/aromatic N) is 1. The van der Waals surface area contributed by atoms with E-state index in [2.05, 4.69) is 5.32 Å². The molecule has 2 N–H and O–H groups in total. The molecule has 0 unspecified atom stereocenters. The third kappa shape index (κ3) is 3.66. The minimum atomic E-state index is -1.13. The summed E-state index contributed by atoms with van der Waals surface area (Å²) in [6.45, 7) is 5.39. The number of aliphatic hydroxyl groups is 1. The molecular formula is C21H24N2O4. The van der Waals surface area contributed by atoms with E-state index in [0.717, 1.165) is 16.0 Å². The van der Waals surface area contributed by atoms with Crippen molar-refractivity contribution in [2.75, 3.05) is 13.2 Å². The van der Waals surface area contributed by atoms with Gasteiger partial charge in [-0.05, 0) is 37.5 Å². The summed E-state index contributed by atoms with van der Waals surface area (Å²) in [6.07, 6.45) is -0.989. The molecular weight excluding hydrogens is 344 g/mol. The van der Waals surface area contributed by atoms with E-state index in [-0.39, 0.29) is 19.1 Å². The Morgan fingerprint density at radius 2 is 1.70 bits per heavy atom. The van der Waals surface area contributed by atoms with Crippen LogP contribution in [-0.2, 0) is 10.3 Å². The van der Waals surface area contributed by atoms with E-state index in [0.29, 0.717) is 11.3 Å². The number of hydrogen-bond acceptors (Lipinski definition) is 4. The second-order valence-electron chi connectivity index (χ2n) is 7.02. The van der Waals surface area contributed by atoms with E-state index in [4.69, 9.17) is 4.74 Å². The Balaban J connectivity index is 1.67. The number of nitrogens with one attached hydrogen (secondary N) is 1. The minimum absolute atomic E-state index is 0.00912. The van der Waals surface area contributed by atoms with Gasteiger partial charge in [-0.2, -0.15) is 0 Å². The van der Waals surface area contributed by atoms with Crippen LogP contribution in [0.25, 0.3) is 0 Å². The van der Waals surface area contributed by atoms with Crippen LogP contribution in [0.3, 0.4) is 0 Å². The number of urea groups is 1. The summed E-state index contributed by atoms with van der Waals surface area (Å²) in [5.41, 5.74) is 1.50. The number of β-amino-alcohol motifs (C(OH)–C–C–N with tert-alkyl or cyclic N) is 1. The highest BCUT2D eigenvalue weighted by atomic mass is 16.5. The maximum Gasteiger partial charge on any atom is 0.325 e. The van der Waals surface area contributed by atoms with Gasteiger partial charge < -0.3 is 15.2 Å². The molecule has 0 aromatic heterocycles. The van der Waals surface area contributed by atoms with Crippen LogP contribution in [0.5, 0.6) is 5.75 Å². The van der Waals surface area contributed by atoms with Crippen molar-refractivity contribution in [1.29, 1.82) is 0 Å². The van der Waals surface area contributed by atoms with Crippen molar-refractivity contribution in [3.63, 3.8) is 0 Å². The Bertz CT molecular complexity index is 832. The molecule has 142 valence electrons. The summed E-state index contributed by atoms with van der Waals surface area (Å²) in [7, 11) is 0. The lowest BCUT2D eigenvalue weighted by molar-refractivity contribution is -0.132. The van der Waals surface area contributed by atoms with Gasteiger partial charge in [0.2, 0.25) is 0 Å². The number of aliphatic hydroxyl groups excluding tert-OH is 1. The van der Waals surface area contributed by atoms with Crippen LogP contribution in [0.15, 0.2) is 48.5 Å². The van der Waals surface area contributed by atoms with Gasteiger partial charge in [-0.3, -0.25) is 9.69 Å². The predicted molar refractivity (Wildman–Crippen MR) is 101 cm³/mol. The predicted octanol–water partition coefficient (Wildman–Crippen LogP) is 2.51. The first-order valence-corrected chi connectivity index (χ1v) is 8.89. The highest BCUT2D eigenvalue weighted by Gasteiger charge is 2.49.